The lowest BCUT2D eigenvalue weighted by molar-refractivity contribution is 0.0886. The molecule has 18 heavy (non-hydrogen) atoms. The maximum atomic E-state index is 6.03. The van der Waals surface area contributed by atoms with E-state index in [1.54, 1.807) is 7.11 Å². The summed E-state index contributed by atoms with van der Waals surface area (Å²) in [6.07, 6.45) is 8.60. The summed E-state index contributed by atoms with van der Waals surface area (Å²) in [7, 11) is 1.72. The fourth-order valence-electron chi connectivity index (χ4n) is 3.67. The van der Waals surface area contributed by atoms with Crippen molar-refractivity contribution >= 4 is 0 Å². The maximum Gasteiger partial charge on any atom is 0.0980 e. The fourth-order valence-corrected chi connectivity index (χ4v) is 3.67. The van der Waals surface area contributed by atoms with Crippen LogP contribution in [0, 0.1) is 5.92 Å². The van der Waals surface area contributed by atoms with E-state index in [4.69, 9.17) is 14.2 Å². The number of ether oxygens (including phenoxy) is 3. The molecule has 2 heterocycles. The van der Waals surface area contributed by atoms with E-state index in [1.165, 1.54) is 25.7 Å². The molecule has 0 amide bonds. The molecule has 0 aromatic rings. The molecule has 1 saturated carbocycles. The summed E-state index contributed by atoms with van der Waals surface area (Å²) in [6, 6.07) is 0. The van der Waals surface area contributed by atoms with E-state index in [0.717, 1.165) is 18.8 Å². The Bertz CT molecular complexity index is 359. The first-order valence-electron chi connectivity index (χ1n) is 7.13. The number of hydrogen-bond donors (Lipinski definition) is 0. The second-order valence-corrected chi connectivity index (χ2v) is 6.20. The van der Waals surface area contributed by atoms with Gasteiger partial charge in [-0.2, -0.15) is 0 Å². The smallest absolute Gasteiger partial charge is 0.0980 e. The van der Waals surface area contributed by atoms with Crippen LogP contribution in [-0.2, 0) is 14.2 Å². The lowest BCUT2D eigenvalue weighted by Crippen LogP contribution is -2.39. The van der Waals surface area contributed by atoms with Gasteiger partial charge in [-0.05, 0) is 39.2 Å². The van der Waals surface area contributed by atoms with Crippen molar-refractivity contribution in [3.8, 4) is 0 Å². The molecule has 0 radical (unpaired) electrons. The van der Waals surface area contributed by atoms with Crippen LogP contribution in [0.4, 0.5) is 0 Å². The van der Waals surface area contributed by atoms with Gasteiger partial charge in [-0.15, -0.1) is 0 Å². The summed E-state index contributed by atoms with van der Waals surface area (Å²) in [5, 5.41) is 0. The summed E-state index contributed by atoms with van der Waals surface area (Å²) < 4.78 is 17.0. The van der Waals surface area contributed by atoms with Gasteiger partial charge < -0.3 is 14.2 Å². The van der Waals surface area contributed by atoms with Crippen LogP contribution in [0.5, 0.6) is 0 Å². The topological polar surface area (TPSA) is 34.3 Å². The van der Waals surface area contributed by atoms with Crippen molar-refractivity contribution < 1.29 is 14.2 Å². The van der Waals surface area contributed by atoms with Crippen molar-refractivity contribution in [3.63, 3.8) is 0 Å². The maximum absolute atomic E-state index is 6.03. The molecule has 1 aliphatic carbocycles. The number of methoxy groups -OCH3 is 1. The van der Waals surface area contributed by atoms with E-state index < -0.39 is 0 Å². The lowest BCUT2D eigenvalue weighted by atomic mass is 9.71. The van der Waals surface area contributed by atoms with Crippen molar-refractivity contribution in [2.75, 3.05) is 13.7 Å². The number of epoxide rings is 2. The average molecular weight is 252 g/mol. The molecule has 3 heteroatoms. The molecule has 0 bridgehead atoms. The van der Waals surface area contributed by atoms with E-state index in [-0.39, 0.29) is 11.2 Å². The minimum atomic E-state index is 0.0431. The SMILES string of the molecule is COC(C)=CCC1OC1(C)C1CCCCC12CO2. The van der Waals surface area contributed by atoms with Crippen LogP contribution in [0.2, 0.25) is 0 Å². The fraction of sp³-hybridized carbons (Fsp3) is 0.867. The standard InChI is InChI=1S/C15H24O3/c1-11(16-3)7-8-13-14(2,18-13)12-6-4-5-9-15(12)10-17-15/h7,12-13H,4-6,8-10H2,1-3H3. The van der Waals surface area contributed by atoms with Gasteiger partial charge in [0.15, 0.2) is 0 Å². The van der Waals surface area contributed by atoms with Crippen LogP contribution < -0.4 is 0 Å². The molecule has 102 valence electrons. The molecular formula is C15H24O3. The van der Waals surface area contributed by atoms with E-state index >= 15 is 0 Å². The van der Waals surface area contributed by atoms with Crippen LogP contribution in [0.25, 0.3) is 0 Å². The molecule has 3 aliphatic rings. The number of hydrogen-bond acceptors (Lipinski definition) is 3. The van der Waals surface area contributed by atoms with Crippen molar-refractivity contribution in [3.05, 3.63) is 11.8 Å². The number of rotatable bonds is 4. The molecule has 1 spiro atoms. The van der Waals surface area contributed by atoms with Crippen molar-refractivity contribution in [1.82, 2.24) is 0 Å². The second-order valence-electron chi connectivity index (χ2n) is 6.20. The van der Waals surface area contributed by atoms with Gasteiger partial charge in [-0.3, -0.25) is 0 Å². The first-order valence-corrected chi connectivity index (χ1v) is 7.13. The molecule has 2 aliphatic heterocycles. The predicted octanol–water partition coefficient (Wildman–Crippen LogP) is 3.04. The molecule has 3 rings (SSSR count). The van der Waals surface area contributed by atoms with Gasteiger partial charge in [0.1, 0.15) is 0 Å². The van der Waals surface area contributed by atoms with Crippen LogP contribution in [0.1, 0.15) is 46.0 Å². The predicted molar refractivity (Wildman–Crippen MR) is 69.3 cm³/mol. The van der Waals surface area contributed by atoms with Crippen LogP contribution in [0.3, 0.4) is 0 Å². The van der Waals surface area contributed by atoms with E-state index in [0.29, 0.717) is 12.0 Å². The second kappa shape index (κ2) is 4.24. The minimum absolute atomic E-state index is 0.0431. The molecule has 0 N–H and O–H groups in total. The van der Waals surface area contributed by atoms with Gasteiger partial charge in [0.05, 0.1) is 36.8 Å². The molecule has 4 atom stereocenters. The van der Waals surface area contributed by atoms with E-state index in [1.807, 2.05) is 6.92 Å². The Balaban J connectivity index is 1.63. The Labute approximate surface area is 109 Å². The third-order valence-electron chi connectivity index (χ3n) is 5.10. The Morgan fingerprint density at radius 1 is 1.44 bits per heavy atom. The molecule has 4 unspecified atom stereocenters. The summed E-state index contributed by atoms with van der Waals surface area (Å²) in [4.78, 5) is 0. The van der Waals surface area contributed by atoms with Crippen LogP contribution in [-0.4, -0.2) is 31.0 Å². The molecular weight excluding hydrogens is 228 g/mol. The Morgan fingerprint density at radius 3 is 2.89 bits per heavy atom. The van der Waals surface area contributed by atoms with Gasteiger partial charge in [-0.25, -0.2) is 0 Å². The monoisotopic (exact) mass is 252 g/mol. The third kappa shape index (κ3) is 1.97. The highest BCUT2D eigenvalue weighted by molar-refractivity contribution is 5.16. The van der Waals surface area contributed by atoms with Gasteiger partial charge in [-0.1, -0.05) is 12.8 Å². The molecule has 0 aromatic heterocycles. The van der Waals surface area contributed by atoms with E-state index in [9.17, 15) is 0 Å². The normalized spacial score (nSPS) is 47.2. The first kappa shape index (κ1) is 12.5. The molecule has 3 fully saturated rings. The Morgan fingerprint density at radius 2 is 2.22 bits per heavy atom. The average Bonchev–Trinajstić information content (AvgIpc) is 3.27. The highest BCUT2D eigenvalue weighted by Gasteiger charge is 2.67. The highest BCUT2D eigenvalue weighted by Crippen LogP contribution is 2.58. The van der Waals surface area contributed by atoms with Gasteiger partial charge in [0.2, 0.25) is 0 Å². The highest BCUT2D eigenvalue weighted by atomic mass is 16.6. The third-order valence-corrected chi connectivity index (χ3v) is 5.10. The first-order chi connectivity index (χ1) is 8.61. The molecule has 2 saturated heterocycles. The van der Waals surface area contributed by atoms with Crippen LogP contribution >= 0.6 is 0 Å². The zero-order chi connectivity index (χ0) is 12.8. The Kier molecular flexibility index (Phi) is 2.94. The van der Waals surface area contributed by atoms with Crippen molar-refractivity contribution in [2.45, 2.75) is 63.3 Å². The summed E-state index contributed by atoms with van der Waals surface area (Å²) in [6.45, 7) is 5.22. The van der Waals surface area contributed by atoms with Crippen molar-refractivity contribution in [1.29, 1.82) is 0 Å². The van der Waals surface area contributed by atoms with Crippen LogP contribution in [0.15, 0.2) is 11.8 Å². The zero-order valence-corrected chi connectivity index (χ0v) is 11.7. The lowest BCUT2D eigenvalue weighted by Gasteiger charge is -2.32. The summed E-state index contributed by atoms with van der Waals surface area (Å²) in [5.41, 5.74) is 0.225. The van der Waals surface area contributed by atoms with Gasteiger partial charge in [0.25, 0.3) is 0 Å². The largest absolute Gasteiger partial charge is 0.502 e. The molecule has 3 nitrogen and oxygen atoms in total. The quantitative estimate of drug-likeness (QED) is 0.569. The molecule has 0 aromatic carbocycles. The van der Waals surface area contributed by atoms with E-state index in [2.05, 4.69) is 13.0 Å². The van der Waals surface area contributed by atoms with Gasteiger partial charge >= 0.3 is 0 Å². The summed E-state index contributed by atoms with van der Waals surface area (Å²) >= 11 is 0. The van der Waals surface area contributed by atoms with Crippen molar-refractivity contribution in [2.24, 2.45) is 5.92 Å². The minimum Gasteiger partial charge on any atom is -0.502 e. The number of allylic oxidation sites excluding steroid dienone is 1. The zero-order valence-electron chi connectivity index (χ0n) is 11.7. The summed E-state index contributed by atoms with van der Waals surface area (Å²) in [5.74, 6) is 1.58. The Hall–Kier alpha value is -0.540. The van der Waals surface area contributed by atoms with Gasteiger partial charge in [0, 0.05) is 5.92 Å².